The maximum Gasteiger partial charge on any atom is 0.221 e. The Morgan fingerprint density at radius 1 is 1.39 bits per heavy atom. The molecule has 1 amide bonds. The van der Waals surface area contributed by atoms with E-state index in [1.54, 1.807) is 7.05 Å². The highest BCUT2D eigenvalue weighted by atomic mass is 79.9. The molecule has 0 saturated carbocycles. The lowest BCUT2D eigenvalue weighted by atomic mass is 10.1. The summed E-state index contributed by atoms with van der Waals surface area (Å²) in [6.07, 6.45) is 0.502. The summed E-state index contributed by atoms with van der Waals surface area (Å²) in [6.45, 7) is 1.51. The number of nitrogens with one attached hydrogen (secondary N) is 2. The maximum absolute atomic E-state index is 11.3. The van der Waals surface area contributed by atoms with Crippen LogP contribution in [0.1, 0.15) is 12.0 Å². The number of anilines is 1. The molecule has 0 saturated heterocycles. The first-order valence-electron chi connectivity index (χ1n) is 5.93. The van der Waals surface area contributed by atoms with Gasteiger partial charge in [-0.3, -0.25) is 4.79 Å². The van der Waals surface area contributed by atoms with E-state index >= 15 is 0 Å². The molecule has 5 heteroatoms. The molecule has 0 atom stereocenters. The standard InChI is InChI=1S/C13H20BrN3O/c1-15-9-10-8-11(14)4-5-12(10)17(3)7-6-13(18)16-2/h4-5,8,15H,6-7,9H2,1-3H3,(H,16,18). The quantitative estimate of drug-likeness (QED) is 0.841. The average molecular weight is 314 g/mol. The van der Waals surface area contributed by atoms with Gasteiger partial charge in [0.25, 0.3) is 0 Å². The SMILES string of the molecule is CNCc1cc(Br)ccc1N(C)CCC(=O)NC. The molecule has 2 N–H and O–H groups in total. The minimum absolute atomic E-state index is 0.0640. The fraction of sp³-hybridized carbons (Fsp3) is 0.462. The third-order valence-electron chi connectivity index (χ3n) is 2.77. The molecule has 4 nitrogen and oxygen atoms in total. The van der Waals surface area contributed by atoms with E-state index in [0.29, 0.717) is 13.0 Å². The van der Waals surface area contributed by atoms with Crippen molar-refractivity contribution in [1.82, 2.24) is 10.6 Å². The lowest BCUT2D eigenvalue weighted by Gasteiger charge is -2.22. The molecule has 0 bridgehead atoms. The summed E-state index contributed by atoms with van der Waals surface area (Å²) in [7, 11) is 5.59. The summed E-state index contributed by atoms with van der Waals surface area (Å²) < 4.78 is 1.07. The number of carbonyl (C=O) groups is 1. The smallest absolute Gasteiger partial charge is 0.221 e. The minimum Gasteiger partial charge on any atom is -0.374 e. The monoisotopic (exact) mass is 313 g/mol. The van der Waals surface area contributed by atoms with Crippen molar-refractivity contribution in [2.24, 2.45) is 0 Å². The van der Waals surface area contributed by atoms with Gasteiger partial charge in [-0.1, -0.05) is 15.9 Å². The summed E-state index contributed by atoms with van der Waals surface area (Å²) >= 11 is 3.48. The minimum atomic E-state index is 0.0640. The van der Waals surface area contributed by atoms with E-state index in [9.17, 15) is 4.79 Å². The number of benzene rings is 1. The van der Waals surface area contributed by atoms with Crippen LogP contribution in [0.2, 0.25) is 0 Å². The topological polar surface area (TPSA) is 44.4 Å². The van der Waals surface area contributed by atoms with Gasteiger partial charge < -0.3 is 15.5 Å². The van der Waals surface area contributed by atoms with Gasteiger partial charge in [-0.25, -0.2) is 0 Å². The Labute approximate surface area is 117 Å². The van der Waals surface area contributed by atoms with Gasteiger partial charge in [-0.15, -0.1) is 0 Å². The normalized spacial score (nSPS) is 10.2. The fourth-order valence-corrected chi connectivity index (χ4v) is 2.18. The Kier molecular flexibility index (Phi) is 6.15. The van der Waals surface area contributed by atoms with E-state index in [0.717, 1.165) is 16.7 Å². The van der Waals surface area contributed by atoms with E-state index < -0.39 is 0 Å². The number of halogens is 1. The highest BCUT2D eigenvalue weighted by molar-refractivity contribution is 9.10. The second-order valence-electron chi connectivity index (χ2n) is 4.15. The first-order valence-corrected chi connectivity index (χ1v) is 6.72. The van der Waals surface area contributed by atoms with Gasteiger partial charge >= 0.3 is 0 Å². The number of carbonyl (C=O) groups excluding carboxylic acids is 1. The molecule has 100 valence electrons. The number of amides is 1. The van der Waals surface area contributed by atoms with Gasteiger partial charge in [0.05, 0.1) is 0 Å². The number of nitrogens with zero attached hydrogens (tertiary/aromatic N) is 1. The van der Waals surface area contributed by atoms with Crippen molar-refractivity contribution >= 4 is 27.5 Å². The molecule has 0 fully saturated rings. The Bertz CT molecular complexity index is 409. The fourth-order valence-electron chi connectivity index (χ4n) is 1.77. The molecule has 0 aromatic heterocycles. The van der Waals surface area contributed by atoms with Crippen LogP contribution in [0, 0.1) is 0 Å². The van der Waals surface area contributed by atoms with Gasteiger partial charge in [-0.2, -0.15) is 0 Å². The Morgan fingerprint density at radius 2 is 2.11 bits per heavy atom. The molecule has 1 aromatic rings. The second-order valence-corrected chi connectivity index (χ2v) is 5.06. The zero-order chi connectivity index (χ0) is 13.5. The van der Waals surface area contributed by atoms with E-state index in [1.165, 1.54) is 5.56 Å². The van der Waals surface area contributed by atoms with Crippen LogP contribution in [0.5, 0.6) is 0 Å². The summed E-state index contributed by atoms with van der Waals surface area (Å²) in [6, 6.07) is 6.19. The van der Waals surface area contributed by atoms with Crippen LogP contribution < -0.4 is 15.5 Å². The Morgan fingerprint density at radius 3 is 2.72 bits per heavy atom. The van der Waals surface area contributed by atoms with Crippen LogP contribution in [0.15, 0.2) is 22.7 Å². The molecule has 1 rings (SSSR count). The summed E-state index contributed by atoms with van der Waals surface area (Å²) in [4.78, 5) is 13.4. The average Bonchev–Trinajstić information content (AvgIpc) is 2.36. The number of hydrogen-bond acceptors (Lipinski definition) is 3. The molecule has 0 aliphatic carbocycles. The van der Waals surface area contributed by atoms with E-state index in [1.807, 2.05) is 20.2 Å². The van der Waals surface area contributed by atoms with Crippen molar-refractivity contribution in [3.63, 3.8) is 0 Å². The van der Waals surface area contributed by atoms with Gasteiger partial charge in [0.1, 0.15) is 0 Å². The van der Waals surface area contributed by atoms with Gasteiger partial charge in [-0.05, 0) is 30.8 Å². The molecular weight excluding hydrogens is 294 g/mol. The zero-order valence-electron chi connectivity index (χ0n) is 11.1. The molecule has 18 heavy (non-hydrogen) atoms. The predicted octanol–water partition coefficient (Wildman–Crippen LogP) is 1.74. The number of rotatable bonds is 6. The molecule has 0 radical (unpaired) electrons. The maximum atomic E-state index is 11.3. The van der Waals surface area contributed by atoms with Crippen LogP contribution in [0.3, 0.4) is 0 Å². The van der Waals surface area contributed by atoms with Crippen molar-refractivity contribution < 1.29 is 4.79 Å². The first-order chi connectivity index (χ1) is 8.58. The molecule has 0 spiro atoms. The van der Waals surface area contributed by atoms with Crippen LogP contribution in [-0.2, 0) is 11.3 Å². The second kappa shape index (κ2) is 7.38. The zero-order valence-corrected chi connectivity index (χ0v) is 12.7. The lowest BCUT2D eigenvalue weighted by molar-refractivity contribution is -0.120. The van der Waals surface area contributed by atoms with Crippen LogP contribution in [-0.4, -0.2) is 33.6 Å². The van der Waals surface area contributed by atoms with Gasteiger partial charge in [0.15, 0.2) is 0 Å². The third kappa shape index (κ3) is 4.31. The third-order valence-corrected chi connectivity index (χ3v) is 3.27. The van der Waals surface area contributed by atoms with Crippen molar-refractivity contribution in [3.05, 3.63) is 28.2 Å². The molecular formula is C13H20BrN3O. The van der Waals surface area contributed by atoms with E-state index in [2.05, 4.69) is 43.6 Å². The first kappa shape index (κ1) is 15.0. The molecule has 1 aromatic carbocycles. The van der Waals surface area contributed by atoms with Crippen LogP contribution in [0.25, 0.3) is 0 Å². The summed E-state index contributed by atoms with van der Waals surface area (Å²) in [5.74, 6) is 0.0640. The van der Waals surface area contributed by atoms with Crippen molar-refractivity contribution in [1.29, 1.82) is 0 Å². The van der Waals surface area contributed by atoms with E-state index in [-0.39, 0.29) is 5.91 Å². The highest BCUT2D eigenvalue weighted by Crippen LogP contribution is 2.23. The van der Waals surface area contributed by atoms with Crippen molar-refractivity contribution in [3.8, 4) is 0 Å². The molecule has 0 heterocycles. The van der Waals surface area contributed by atoms with Crippen LogP contribution in [0.4, 0.5) is 5.69 Å². The van der Waals surface area contributed by atoms with Crippen molar-refractivity contribution in [2.45, 2.75) is 13.0 Å². The molecule has 0 unspecified atom stereocenters. The molecule has 0 aliphatic rings. The van der Waals surface area contributed by atoms with Crippen LogP contribution >= 0.6 is 15.9 Å². The Balaban J connectivity index is 2.77. The highest BCUT2D eigenvalue weighted by Gasteiger charge is 2.09. The predicted molar refractivity (Wildman–Crippen MR) is 78.9 cm³/mol. The summed E-state index contributed by atoms with van der Waals surface area (Å²) in [5, 5.41) is 5.79. The van der Waals surface area contributed by atoms with Gasteiger partial charge in [0, 0.05) is 43.8 Å². The van der Waals surface area contributed by atoms with Gasteiger partial charge in [0.2, 0.25) is 5.91 Å². The van der Waals surface area contributed by atoms with Crippen molar-refractivity contribution in [2.75, 3.05) is 32.6 Å². The lowest BCUT2D eigenvalue weighted by Crippen LogP contribution is -2.27. The Hall–Kier alpha value is -1.07. The largest absolute Gasteiger partial charge is 0.374 e. The van der Waals surface area contributed by atoms with E-state index in [4.69, 9.17) is 0 Å². The molecule has 0 aliphatic heterocycles. The number of hydrogen-bond donors (Lipinski definition) is 2. The summed E-state index contributed by atoms with van der Waals surface area (Å²) in [5.41, 5.74) is 2.36.